The number of halogens is 1. The Morgan fingerprint density at radius 3 is 2.80 bits per heavy atom. The molecule has 2 unspecified atom stereocenters. The van der Waals surface area contributed by atoms with Crippen LogP contribution in [0.15, 0.2) is 18.2 Å². The highest BCUT2D eigenvalue weighted by Gasteiger charge is 2.19. The van der Waals surface area contributed by atoms with E-state index in [0.29, 0.717) is 23.5 Å². The van der Waals surface area contributed by atoms with Crippen LogP contribution in [-0.4, -0.2) is 11.0 Å². The van der Waals surface area contributed by atoms with Gasteiger partial charge in [-0.25, -0.2) is 0 Å². The van der Waals surface area contributed by atoms with Crippen molar-refractivity contribution in [3.8, 4) is 0 Å². The lowest BCUT2D eigenvalue weighted by Gasteiger charge is -2.23. The molecule has 20 heavy (non-hydrogen) atoms. The molecule has 110 valence electrons. The van der Waals surface area contributed by atoms with Crippen LogP contribution in [0.1, 0.15) is 44.6 Å². The first kappa shape index (κ1) is 15.3. The summed E-state index contributed by atoms with van der Waals surface area (Å²) in [6, 6.07) is 5.20. The molecule has 1 aliphatic rings. The van der Waals surface area contributed by atoms with E-state index in [1.54, 1.807) is 6.07 Å². The Labute approximate surface area is 124 Å². The minimum absolute atomic E-state index is 0.0431. The summed E-state index contributed by atoms with van der Waals surface area (Å²) in [6.07, 6.45) is 6.38. The summed E-state index contributed by atoms with van der Waals surface area (Å²) in [6.45, 7) is 2.96. The summed E-state index contributed by atoms with van der Waals surface area (Å²) in [5.74, 6) is 0.675. The number of nitrogens with one attached hydrogen (secondary N) is 1. The zero-order valence-electron chi connectivity index (χ0n) is 11.8. The maximum Gasteiger partial charge on any atom is 0.270 e. The first-order valence-corrected chi connectivity index (χ1v) is 7.62. The average Bonchev–Trinajstić information content (AvgIpc) is 2.62. The first-order chi connectivity index (χ1) is 9.58. The molecule has 2 atom stereocenters. The second-order valence-corrected chi connectivity index (χ2v) is 6.04. The van der Waals surface area contributed by atoms with Crippen molar-refractivity contribution in [1.29, 1.82) is 0 Å². The average molecular weight is 297 g/mol. The third kappa shape index (κ3) is 3.93. The summed E-state index contributed by atoms with van der Waals surface area (Å²) in [5, 5.41) is 14.7. The lowest BCUT2D eigenvalue weighted by atomic mass is 9.97. The van der Waals surface area contributed by atoms with Gasteiger partial charge in [-0.3, -0.25) is 10.1 Å². The van der Waals surface area contributed by atoms with Crippen LogP contribution >= 0.6 is 11.6 Å². The number of non-ortho nitro benzene ring substituents is 1. The van der Waals surface area contributed by atoms with Crippen LogP contribution in [0.2, 0.25) is 5.02 Å². The summed E-state index contributed by atoms with van der Waals surface area (Å²) in [7, 11) is 0. The molecule has 1 aliphatic carbocycles. The van der Waals surface area contributed by atoms with E-state index in [1.165, 1.54) is 44.2 Å². The molecular weight excluding hydrogens is 276 g/mol. The Morgan fingerprint density at radius 1 is 1.35 bits per heavy atom. The molecule has 5 heteroatoms. The lowest BCUT2D eigenvalue weighted by Crippen LogP contribution is -2.33. The topological polar surface area (TPSA) is 55.2 Å². The Hall–Kier alpha value is -1.13. The smallest absolute Gasteiger partial charge is 0.270 e. The van der Waals surface area contributed by atoms with E-state index >= 15 is 0 Å². The van der Waals surface area contributed by atoms with Crippen molar-refractivity contribution in [3.63, 3.8) is 0 Å². The van der Waals surface area contributed by atoms with Crippen LogP contribution in [-0.2, 0) is 6.54 Å². The van der Waals surface area contributed by atoms with Crippen LogP contribution in [0.3, 0.4) is 0 Å². The van der Waals surface area contributed by atoms with Crippen LogP contribution in [0.5, 0.6) is 0 Å². The maximum atomic E-state index is 10.7. The van der Waals surface area contributed by atoms with Crippen LogP contribution in [0.25, 0.3) is 0 Å². The Bertz CT molecular complexity index is 479. The van der Waals surface area contributed by atoms with Gasteiger partial charge in [-0.1, -0.05) is 37.8 Å². The van der Waals surface area contributed by atoms with Crippen LogP contribution in [0, 0.1) is 16.0 Å². The molecule has 0 amide bonds. The maximum absolute atomic E-state index is 10.7. The molecule has 1 saturated carbocycles. The summed E-state index contributed by atoms with van der Waals surface area (Å²) < 4.78 is 0. The zero-order valence-corrected chi connectivity index (χ0v) is 12.5. The number of hydrogen-bond donors (Lipinski definition) is 1. The van der Waals surface area contributed by atoms with Crippen molar-refractivity contribution in [3.05, 3.63) is 38.9 Å². The number of nitro groups is 1. The van der Waals surface area contributed by atoms with Gasteiger partial charge in [-0.15, -0.1) is 0 Å². The third-order valence-electron chi connectivity index (χ3n) is 4.16. The van der Waals surface area contributed by atoms with Gasteiger partial charge in [-0.2, -0.15) is 0 Å². The molecule has 1 aromatic rings. The summed E-state index contributed by atoms with van der Waals surface area (Å²) >= 11 is 6.12. The minimum atomic E-state index is -0.420. The normalized spacial score (nSPS) is 23.3. The fourth-order valence-electron chi connectivity index (χ4n) is 2.83. The van der Waals surface area contributed by atoms with Crippen LogP contribution in [0.4, 0.5) is 5.69 Å². The molecule has 0 heterocycles. The third-order valence-corrected chi connectivity index (χ3v) is 4.52. The molecule has 1 aromatic carbocycles. The molecule has 4 nitrogen and oxygen atoms in total. The van der Waals surface area contributed by atoms with Gasteiger partial charge in [0.25, 0.3) is 5.69 Å². The fraction of sp³-hybridized carbons (Fsp3) is 0.600. The number of benzene rings is 1. The van der Waals surface area contributed by atoms with Crippen molar-refractivity contribution in [2.75, 3.05) is 0 Å². The Kier molecular flexibility index (Phi) is 5.38. The Morgan fingerprint density at radius 2 is 2.10 bits per heavy atom. The van der Waals surface area contributed by atoms with Gasteiger partial charge < -0.3 is 5.32 Å². The molecule has 0 saturated heterocycles. The van der Waals surface area contributed by atoms with E-state index in [1.807, 2.05) is 0 Å². The number of rotatable bonds is 4. The quantitative estimate of drug-likeness (QED) is 0.512. The first-order valence-electron chi connectivity index (χ1n) is 7.24. The van der Waals surface area contributed by atoms with Gasteiger partial charge in [0.05, 0.1) is 9.95 Å². The molecule has 1 fully saturated rings. The second kappa shape index (κ2) is 7.04. The minimum Gasteiger partial charge on any atom is -0.310 e. The van der Waals surface area contributed by atoms with Gasteiger partial charge in [-0.05, 0) is 30.4 Å². The number of hydrogen-bond acceptors (Lipinski definition) is 3. The van der Waals surface area contributed by atoms with Crippen molar-refractivity contribution >= 4 is 17.3 Å². The highest BCUT2D eigenvalue weighted by Crippen LogP contribution is 2.25. The summed E-state index contributed by atoms with van der Waals surface area (Å²) in [5.41, 5.74) is 0.968. The van der Waals surface area contributed by atoms with E-state index in [4.69, 9.17) is 11.6 Å². The molecule has 0 aromatic heterocycles. The van der Waals surface area contributed by atoms with E-state index in [-0.39, 0.29) is 5.69 Å². The van der Waals surface area contributed by atoms with Gasteiger partial charge in [0.2, 0.25) is 0 Å². The van der Waals surface area contributed by atoms with E-state index in [2.05, 4.69) is 12.2 Å². The molecule has 0 spiro atoms. The largest absolute Gasteiger partial charge is 0.310 e. The van der Waals surface area contributed by atoms with E-state index < -0.39 is 4.92 Å². The number of nitrogens with zero attached hydrogens (tertiary/aromatic N) is 1. The van der Waals surface area contributed by atoms with Crippen molar-refractivity contribution in [2.45, 2.75) is 51.6 Å². The summed E-state index contributed by atoms with van der Waals surface area (Å²) in [4.78, 5) is 10.3. The molecular formula is C15H21ClN2O2. The van der Waals surface area contributed by atoms with Gasteiger partial charge in [0, 0.05) is 24.7 Å². The standard InChI is InChI=1S/C15H21ClN2O2/c1-11-5-3-2-4-6-15(11)17-10-12-7-8-13(18(19)20)9-14(12)16/h7-9,11,15,17H,2-6,10H2,1H3. The lowest BCUT2D eigenvalue weighted by molar-refractivity contribution is -0.384. The van der Waals surface area contributed by atoms with Gasteiger partial charge in [0.15, 0.2) is 0 Å². The monoisotopic (exact) mass is 296 g/mol. The highest BCUT2D eigenvalue weighted by molar-refractivity contribution is 6.31. The SMILES string of the molecule is CC1CCCCCC1NCc1ccc([N+](=O)[O-])cc1Cl. The fourth-order valence-corrected chi connectivity index (χ4v) is 3.07. The predicted octanol–water partition coefficient (Wildman–Crippen LogP) is 4.31. The van der Waals surface area contributed by atoms with Crippen molar-refractivity contribution in [2.24, 2.45) is 5.92 Å². The second-order valence-electron chi connectivity index (χ2n) is 5.64. The molecule has 1 N–H and O–H groups in total. The molecule has 0 bridgehead atoms. The Balaban J connectivity index is 1.97. The van der Waals surface area contributed by atoms with Gasteiger partial charge in [0.1, 0.15) is 0 Å². The number of nitro benzene ring substituents is 1. The molecule has 0 aliphatic heterocycles. The predicted molar refractivity (Wildman–Crippen MR) is 81.0 cm³/mol. The van der Waals surface area contributed by atoms with E-state index in [0.717, 1.165) is 5.56 Å². The van der Waals surface area contributed by atoms with Gasteiger partial charge >= 0.3 is 0 Å². The molecule has 2 rings (SSSR count). The molecule has 0 radical (unpaired) electrons. The highest BCUT2D eigenvalue weighted by atomic mass is 35.5. The van der Waals surface area contributed by atoms with E-state index in [9.17, 15) is 10.1 Å². The van der Waals surface area contributed by atoms with Crippen LogP contribution < -0.4 is 5.32 Å². The zero-order chi connectivity index (χ0) is 14.5. The van der Waals surface area contributed by atoms with Crippen molar-refractivity contribution in [1.82, 2.24) is 5.32 Å². The van der Waals surface area contributed by atoms with Crippen molar-refractivity contribution < 1.29 is 4.92 Å².